The van der Waals surface area contributed by atoms with Crippen LogP contribution >= 0.6 is 11.3 Å². The minimum atomic E-state index is -3.26. The van der Waals surface area contributed by atoms with Crippen molar-refractivity contribution in [3.05, 3.63) is 46.6 Å². The van der Waals surface area contributed by atoms with E-state index < -0.39 is 10.0 Å². The average molecular weight is 448 g/mol. The van der Waals surface area contributed by atoms with Gasteiger partial charge in [0.2, 0.25) is 10.0 Å². The van der Waals surface area contributed by atoms with Gasteiger partial charge in [-0.25, -0.2) is 13.4 Å². The monoisotopic (exact) mass is 447 g/mol. The number of ether oxygens (including phenoxy) is 1. The minimum Gasteiger partial charge on any atom is -0.496 e. The van der Waals surface area contributed by atoms with Crippen LogP contribution in [0.2, 0.25) is 0 Å². The lowest BCUT2D eigenvalue weighted by atomic mass is 10.1. The molecule has 0 radical (unpaired) electrons. The van der Waals surface area contributed by atoms with E-state index in [-0.39, 0.29) is 12.5 Å². The van der Waals surface area contributed by atoms with Crippen LogP contribution in [0.3, 0.4) is 0 Å². The predicted molar refractivity (Wildman–Crippen MR) is 114 cm³/mol. The Balaban J connectivity index is 1.55. The first-order valence-corrected chi connectivity index (χ1v) is 11.8. The SMILES string of the molecule is COc1ccccc1-c1cc(C(=O)Nc2nc3c(s2)CN(S(C)(=O)=O)CC3)n(C)n1. The summed E-state index contributed by atoms with van der Waals surface area (Å²) in [5.41, 5.74) is 2.62. The first kappa shape index (κ1) is 20.5. The Morgan fingerprint density at radius 3 is 2.80 bits per heavy atom. The number of anilines is 1. The molecule has 3 aromatic rings. The average Bonchev–Trinajstić information content (AvgIpc) is 3.29. The van der Waals surface area contributed by atoms with Crippen LogP contribution in [0.25, 0.3) is 11.3 Å². The lowest BCUT2D eigenvalue weighted by Gasteiger charge is -2.23. The molecule has 11 heteroatoms. The third-order valence-electron chi connectivity index (χ3n) is 4.88. The van der Waals surface area contributed by atoms with Gasteiger partial charge in [-0.15, -0.1) is 11.3 Å². The number of aromatic nitrogens is 3. The largest absolute Gasteiger partial charge is 0.496 e. The lowest BCUT2D eigenvalue weighted by molar-refractivity contribution is 0.101. The maximum Gasteiger partial charge on any atom is 0.275 e. The van der Waals surface area contributed by atoms with E-state index in [1.165, 1.54) is 26.6 Å². The number of nitrogens with one attached hydrogen (secondary N) is 1. The van der Waals surface area contributed by atoms with Crippen LogP contribution in [0, 0.1) is 0 Å². The van der Waals surface area contributed by atoms with Crippen molar-refractivity contribution in [2.75, 3.05) is 25.2 Å². The van der Waals surface area contributed by atoms with Gasteiger partial charge in [0.15, 0.2) is 5.13 Å². The van der Waals surface area contributed by atoms with Crippen LogP contribution < -0.4 is 10.1 Å². The maximum absolute atomic E-state index is 12.8. The van der Waals surface area contributed by atoms with Gasteiger partial charge in [0, 0.05) is 37.0 Å². The second-order valence-corrected chi connectivity index (χ2v) is 9.99. The first-order valence-electron chi connectivity index (χ1n) is 9.18. The summed E-state index contributed by atoms with van der Waals surface area (Å²) in [5, 5.41) is 7.70. The normalized spacial score (nSPS) is 14.4. The molecule has 30 heavy (non-hydrogen) atoms. The molecular weight excluding hydrogens is 426 g/mol. The molecule has 0 aliphatic carbocycles. The number of para-hydroxylation sites is 1. The standard InChI is InChI=1S/C19H21N5O4S2/c1-23-15(10-14(22-23)12-6-4-5-7-16(12)28-2)18(25)21-19-20-13-8-9-24(30(3,26)27)11-17(13)29-19/h4-7,10H,8-9,11H2,1-3H3,(H,20,21,25). The summed E-state index contributed by atoms with van der Waals surface area (Å²) in [6, 6.07) is 9.17. The fourth-order valence-electron chi connectivity index (χ4n) is 3.34. The molecule has 2 aromatic heterocycles. The number of carbonyl (C=O) groups is 1. The number of carbonyl (C=O) groups excluding carboxylic acids is 1. The molecule has 1 N–H and O–H groups in total. The summed E-state index contributed by atoms with van der Waals surface area (Å²) in [4.78, 5) is 18.1. The number of aryl methyl sites for hydroxylation is 1. The van der Waals surface area contributed by atoms with Gasteiger partial charge in [-0.2, -0.15) is 9.40 Å². The van der Waals surface area contributed by atoms with Crippen LogP contribution in [0.5, 0.6) is 5.75 Å². The summed E-state index contributed by atoms with van der Waals surface area (Å²) in [7, 11) is 0.0296. The number of fused-ring (bicyclic) bond motifs is 1. The molecule has 3 heterocycles. The van der Waals surface area contributed by atoms with Crippen molar-refractivity contribution >= 4 is 32.4 Å². The Morgan fingerprint density at radius 1 is 1.30 bits per heavy atom. The lowest BCUT2D eigenvalue weighted by Crippen LogP contribution is -2.34. The summed E-state index contributed by atoms with van der Waals surface area (Å²) < 4.78 is 31.9. The number of hydrogen-bond acceptors (Lipinski definition) is 7. The van der Waals surface area contributed by atoms with E-state index in [9.17, 15) is 13.2 Å². The molecule has 4 rings (SSSR count). The van der Waals surface area contributed by atoms with Crippen molar-refractivity contribution in [3.8, 4) is 17.0 Å². The number of nitrogens with zero attached hydrogens (tertiary/aromatic N) is 4. The Hall–Kier alpha value is -2.76. The third-order valence-corrected chi connectivity index (χ3v) is 7.13. The molecule has 0 fully saturated rings. The topological polar surface area (TPSA) is 106 Å². The van der Waals surface area contributed by atoms with Crippen LogP contribution in [0.1, 0.15) is 21.1 Å². The molecule has 0 spiro atoms. The van der Waals surface area contributed by atoms with E-state index >= 15 is 0 Å². The first-order chi connectivity index (χ1) is 14.3. The van der Waals surface area contributed by atoms with Gasteiger partial charge >= 0.3 is 0 Å². The summed E-state index contributed by atoms with van der Waals surface area (Å²) in [5.74, 6) is 0.336. The van der Waals surface area contributed by atoms with Crippen molar-refractivity contribution in [2.45, 2.75) is 13.0 Å². The third kappa shape index (κ3) is 3.95. The van der Waals surface area contributed by atoms with Gasteiger partial charge in [-0.05, 0) is 18.2 Å². The van der Waals surface area contributed by atoms with Crippen molar-refractivity contribution in [1.82, 2.24) is 19.1 Å². The number of benzene rings is 1. The molecule has 1 aliphatic heterocycles. The minimum absolute atomic E-state index is 0.283. The number of sulfonamides is 1. The quantitative estimate of drug-likeness (QED) is 0.642. The van der Waals surface area contributed by atoms with Crippen LogP contribution in [-0.4, -0.2) is 53.3 Å². The van der Waals surface area contributed by atoms with Crippen LogP contribution in [-0.2, 0) is 30.0 Å². The molecule has 1 amide bonds. The fraction of sp³-hybridized carbons (Fsp3) is 0.316. The molecule has 0 saturated carbocycles. The van der Waals surface area contributed by atoms with Gasteiger partial charge in [-0.1, -0.05) is 12.1 Å². The van der Waals surface area contributed by atoms with Crippen molar-refractivity contribution in [2.24, 2.45) is 7.05 Å². The van der Waals surface area contributed by atoms with Crippen molar-refractivity contribution in [3.63, 3.8) is 0 Å². The number of thiazole rings is 1. The Morgan fingerprint density at radius 2 is 2.07 bits per heavy atom. The molecule has 9 nitrogen and oxygen atoms in total. The zero-order chi connectivity index (χ0) is 21.5. The predicted octanol–water partition coefficient (Wildman–Crippen LogP) is 2.12. The summed E-state index contributed by atoms with van der Waals surface area (Å²) in [6.07, 6.45) is 1.72. The second kappa shape index (κ2) is 7.82. The fourth-order valence-corrected chi connectivity index (χ4v) is 5.22. The molecule has 1 aromatic carbocycles. The van der Waals surface area contributed by atoms with Crippen LogP contribution in [0.15, 0.2) is 30.3 Å². The van der Waals surface area contributed by atoms with E-state index in [2.05, 4.69) is 15.4 Å². The van der Waals surface area contributed by atoms with Crippen molar-refractivity contribution in [1.29, 1.82) is 0 Å². The highest BCUT2D eigenvalue weighted by atomic mass is 32.2. The van der Waals surface area contributed by atoms with Crippen molar-refractivity contribution < 1.29 is 17.9 Å². The number of rotatable bonds is 5. The molecule has 1 aliphatic rings. The summed E-state index contributed by atoms with van der Waals surface area (Å²) in [6.45, 7) is 0.679. The molecule has 158 valence electrons. The smallest absolute Gasteiger partial charge is 0.275 e. The van der Waals surface area contributed by atoms with Gasteiger partial charge < -0.3 is 4.74 Å². The highest BCUT2D eigenvalue weighted by molar-refractivity contribution is 7.88. The Labute approximate surface area is 178 Å². The molecule has 0 atom stereocenters. The number of amides is 1. The zero-order valence-corrected chi connectivity index (χ0v) is 18.4. The second-order valence-electron chi connectivity index (χ2n) is 6.93. The van der Waals surface area contributed by atoms with Gasteiger partial charge in [0.1, 0.15) is 11.4 Å². The number of hydrogen-bond donors (Lipinski definition) is 1. The van der Waals surface area contributed by atoms with E-state index in [0.717, 1.165) is 16.1 Å². The zero-order valence-electron chi connectivity index (χ0n) is 16.7. The molecule has 0 unspecified atom stereocenters. The molecule has 0 saturated heterocycles. The van der Waals surface area contributed by atoms with E-state index in [4.69, 9.17) is 4.74 Å². The van der Waals surface area contributed by atoms with E-state index in [1.807, 2.05) is 24.3 Å². The Bertz CT molecular complexity index is 1220. The molecule has 0 bridgehead atoms. The van der Waals surface area contributed by atoms with Gasteiger partial charge in [0.25, 0.3) is 5.91 Å². The van der Waals surface area contributed by atoms with E-state index in [1.54, 1.807) is 20.2 Å². The molecular formula is C19H21N5O4S2. The van der Waals surface area contributed by atoms with Gasteiger partial charge in [-0.3, -0.25) is 14.8 Å². The van der Waals surface area contributed by atoms with E-state index in [0.29, 0.717) is 35.2 Å². The van der Waals surface area contributed by atoms with Crippen LogP contribution in [0.4, 0.5) is 5.13 Å². The highest BCUT2D eigenvalue weighted by Gasteiger charge is 2.27. The highest BCUT2D eigenvalue weighted by Crippen LogP contribution is 2.31. The number of methoxy groups -OCH3 is 1. The maximum atomic E-state index is 12.8. The Kier molecular flexibility index (Phi) is 5.35. The van der Waals surface area contributed by atoms with Gasteiger partial charge in [0.05, 0.1) is 24.8 Å². The summed E-state index contributed by atoms with van der Waals surface area (Å²) >= 11 is 1.29.